The quantitative estimate of drug-likeness (QED) is 0.602. The minimum atomic E-state index is -0.737. The number of anilines is 1. The van der Waals surface area contributed by atoms with Crippen LogP contribution in [0, 0.1) is 5.92 Å². The lowest BCUT2D eigenvalue weighted by atomic mass is 9.77. The van der Waals surface area contributed by atoms with Gasteiger partial charge in [0.2, 0.25) is 0 Å². The highest BCUT2D eigenvalue weighted by molar-refractivity contribution is 6.35. The standard InChI is InChI=1S/C21H23Cl2NO5/c1-5-28-21(25)29-20-11(2)18(12-6-7-16(26-3)17(8-12)27-4)19-14(23)9-13(22)10-15(19)24-20/h6-11,18,20,24H,5H2,1-4H3. The highest BCUT2D eigenvalue weighted by atomic mass is 35.5. The summed E-state index contributed by atoms with van der Waals surface area (Å²) in [5, 5.41) is 4.23. The predicted molar refractivity (Wildman–Crippen MR) is 113 cm³/mol. The normalized spacial score (nSPS) is 20.3. The molecule has 3 rings (SSSR count). The van der Waals surface area contributed by atoms with E-state index in [1.165, 1.54) is 0 Å². The van der Waals surface area contributed by atoms with Gasteiger partial charge in [-0.25, -0.2) is 4.79 Å². The summed E-state index contributed by atoms with van der Waals surface area (Å²) in [7, 11) is 3.17. The van der Waals surface area contributed by atoms with E-state index in [4.69, 9.17) is 42.1 Å². The van der Waals surface area contributed by atoms with E-state index in [1.54, 1.807) is 33.3 Å². The van der Waals surface area contributed by atoms with Crippen LogP contribution >= 0.6 is 23.2 Å². The monoisotopic (exact) mass is 439 g/mol. The van der Waals surface area contributed by atoms with Crippen LogP contribution in [0.1, 0.15) is 30.9 Å². The molecular weight excluding hydrogens is 417 g/mol. The zero-order valence-electron chi connectivity index (χ0n) is 16.6. The summed E-state index contributed by atoms with van der Waals surface area (Å²) in [5.74, 6) is 0.878. The molecule has 29 heavy (non-hydrogen) atoms. The molecule has 0 spiro atoms. The lowest BCUT2D eigenvalue weighted by Crippen LogP contribution is -2.40. The summed E-state index contributed by atoms with van der Waals surface area (Å²) in [5.41, 5.74) is 2.52. The van der Waals surface area contributed by atoms with Gasteiger partial charge >= 0.3 is 6.16 Å². The third kappa shape index (κ3) is 4.33. The zero-order valence-corrected chi connectivity index (χ0v) is 18.1. The molecule has 0 aromatic heterocycles. The van der Waals surface area contributed by atoms with Crippen molar-refractivity contribution < 1.29 is 23.7 Å². The Hall–Kier alpha value is -2.31. The van der Waals surface area contributed by atoms with E-state index in [0.29, 0.717) is 27.2 Å². The lowest BCUT2D eigenvalue weighted by molar-refractivity contribution is 0.0137. The molecule has 1 aliphatic rings. The lowest BCUT2D eigenvalue weighted by Gasteiger charge is -2.39. The number of methoxy groups -OCH3 is 2. The topological polar surface area (TPSA) is 66.0 Å². The Morgan fingerprint density at radius 1 is 1.10 bits per heavy atom. The summed E-state index contributed by atoms with van der Waals surface area (Å²) in [6.07, 6.45) is -1.37. The Bertz CT molecular complexity index is 905. The van der Waals surface area contributed by atoms with E-state index in [2.05, 4.69) is 5.32 Å². The van der Waals surface area contributed by atoms with Crippen molar-refractivity contribution in [1.82, 2.24) is 0 Å². The Balaban J connectivity index is 2.09. The summed E-state index contributed by atoms with van der Waals surface area (Å²) >= 11 is 12.8. The number of nitrogens with one attached hydrogen (secondary N) is 1. The first-order chi connectivity index (χ1) is 13.9. The van der Waals surface area contributed by atoms with Crippen LogP contribution in [0.5, 0.6) is 11.5 Å². The Labute approximate surface area is 180 Å². The molecule has 8 heteroatoms. The molecule has 0 aliphatic carbocycles. The predicted octanol–water partition coefficient (Wildman–Crippen LogP) is 5.70. The number of carbonyl (C=O) groups is 1. The van der Waals surface area contributed by atoms with E-state index < -0.39 is 12.4 Å². The fourth-order valence-corrected chi connectivity index (χ4v) is 4.26. The van der Waals surface area contributed by atoms with Crippen molar-refractivity contribution in [2.24, 2.45) is 5.92 Å². The first-order valence-electron chi connectivity index (χ1n) is 9.20. The highest BCUT2D eigenvalue weighted by Crippen LogP contribution is 2.48. The summed E-state index contributed by atoms with van der Waals surface area (Å²) in [6.45, 7) is 3.93. The number of ether oxygens (including phenoxy) is 4. The van der Waals surface area contributed by atoms with Gasteiger partial charge in [-0.1, -0.05) is 36.2 Å². The van der Waals surface area contributed by atoms with Crippen LogP contribution in [-0.2, 0) is 9.47 Å². The molecule has 1 N–H and O–H groups in total. The van der Waals surface area contributed by atoms with Crippen LogP contribution in [0.3, 0.4) is 0 Å². The molecule has 3 unspecified atom stereocenters. The number of hydrogen-bond acceptors (Lipinski definition) is 6. The summed E-state index contributed by atoms with van der Waals surface area (Å²) < 4.78 is 21.3. The summed E-state index contributed by atoms with van der Waals surface area (Å²) in [4.78, 5) is 12.0. The van der Waals surface area contributed by atoms with Crippen molar-refractivity contribution in [1.29, 1.82) is 0 Å². The SMILES string of the molecule is CCOC(=O)OC1Nc2cc(Cl)cc(Cl)c2C(c2ccc(OC)c(OC)c2)C1C. The van der Waals surface area contributed by atoms with Crippen molar-refractivity contribution >= 4 is 35.0 Å². The van der Waals surface area contributed by atoms with E-state index in [-0.39, 0.29) is 18.4 Å². The number of hydrogen-bond donors (Lipinski definition) is 1. The largest absolute Gasteiger partial charge is 0.510 e. The van der Waals surface area contributed by atoms with Gasteiger partial charge in [0.15, 0.2) is 17.7 Å². The molecule has 156 valence electrons. The number of rotatable bonds is 5. The second-order valence-corrected chi connectivity index (χ2v) is 7.51. The maximum absolute atomic E-state index is 12.0. The maximum Gasteiger partial charge on any atom is 0.510 e. The van der Waals surface area contributed by atoms with E-state index in [1.807, 2.05) is 25.1 Å². The molecule has 0 amide bonds. The number of benzene rings is 2. The van der Waals surface area contributed by atoms with Gasteiger partial charge in [0.05, 0.1) is 20.8 Å². The second-order valence-electron chi connectivity index (χ2n) is 6.67. The third-order valence-corrected chi connectivity index (χ3v) is 5.49. The van der Waals surface area contributed by atoms with Crippen molar-refractivity contribution in [2.75, 3.05) is 26.1 Å². The average molecular weight is 440 g/mol. The molecule has 2 aromatic carbocycles. The van der Waals surface area contributed by atoms with E-state index in [0.717, 1.165) is 11.1 Å². The van der Waals surface area contributed by atoms with Gasteiger partial charge in [-0.15, -0.1) is 0 Å². The number of carbonyl (C=O) groups excluding carboxylic acids is 1. The maximum atomic E-state index is 12.0. The molecule has 3 atom stereocenters. The van der Waals surface area contributed by atoms with Gasteiger partial charge in [-0.3, -0.25) is 0 Å². The fourth-order valence-electron chi connectivity index (χ4n) is 3.65. The van der Waals surface area contributed by atoms with Crippen LogP contribution in [-0.4, -0.2) is 33.2 Å². The Morgan fingerprint density at radius 2 is 1.83 bits per heavy atom. The average Bonchev–Trinajstić information content (AvgIpc) is 2.68. The third-order valence-electron chi connectivity index (χ3n) is 4.96. The van der Waals surface area contributed by atoms with Crippen LogP contribution in [0.2, 0.25) is 10.0 Å². The van der Waals surface area contributed by atoms with Crippen LogP contribution < -0.4 is 14.8 Å². The molecule has 1 heterocycles. The van der Waals surface area contributed by atoms with Crippen molar-refractivity contribution in [3.05, 3.63) is 51.5 Å². The number of halogens is 2. The van der Waals surface area contributed by atoms with Crippen molar-refractivity contribution in [2.45, 2.75) is 26.0 Å². The molecule has 0 saturated carbocycles. The Kier molecular flexibility index (Phi) is 6.65. The Morgan fingerprint density at radius 3 is 2.48 bits per heavy atom. The molecule has 0 saturated heterocycles. The molecule has 0 radical (unpaired) electrons. The van der Waals surface area contributed by atoms with Gasteiger partial charge in [-0.05, 0) is 36.8 Å². The van der Waals surface area contributed by atoms with E-state index >= 15 is 0 Å². The van der Waals surface area contributed by atoms with Gasteiger partial charge in [0.1, 0.15) is 0 Å². The number of fused-ring (bicyclic) bond motifs is 1. The molecular formula is C21H23Cl2NO5. The minimum absolute atomic E-state index is 0.163. The van der Waals surface area contributed by atoms with Gasteiger partial charge in [0, 0.05) is 33.1 Å². The first kappa shape index (κ1) is 21.4. The zero-order chi connectivity index (χ0) is 21.1. The van der Waals surface area contributed by atoms with Crippen LogP contribution in [0.25, 0.3) is 0 Å². The smallest absolute Gasteiger partial charge is 0.493 e. The second kappa shape index (κ2) is 9.01. The molecule has 0 fully saturated rings. The highest BCUT2D eigenvalue weighted by Gasteiger charge is 2.39. The van der Waals surface area contributed by atoms with E-state index in [9.17, 15) is 4.79 Å². The van der Waals surface area contributed by atoms with Crippen molar-refractivity contribution in [3.63, 3.8) is 0 Å². The van der Waals surface area contributed by atoms with Gasteiger partial charge in [0.25, 0.3) is 0 Å². The molecule has 0 bridgehead atoms. The summed E-state index contributed by atoms with van der Waals surface area (Å²) in [6, 6.07) is 9.17. The molecule has 2 aromatic rings. The van der Waals surface area contributed by atoms with Gasteiger partial charge < -0.3 is 24.3 Å². The minimum Gasteiger partial charge on any atom is -0.493 e. The van der Waals surface area contributed by atoms with Crippen LogP contribution in [0.4, 0.5) is 10.5 Å². The van der Waals surface area contributed by atoms with Crippen LogP contribution in [0.15, 0.2) is 30.3 Å². The first-order valence-corrected chi connectivity index (χ1v) is 9.96. The van der Waals surface area contributed by atoms with Crippen molar-refractivity contribution in [3.8, 4) is 11.5 Å². The van der Waals surface area contributed by atoms with Gasteiger partial charge in [-0.2, -0.15) is 0 Å². The molecule has 6 nitrogen and oxygen atoms in total. The molecule has 1 aliphatic heterocycles. The fraction of sp³-hybridized carbons (Fsp3) is 0.381.